The third kappa shape index (κ3) is 4.62. The molecule has 7 nitrogen and oxygen atoms in total. The van der Waals surface area contributed by atoms with Crippen molar-refractivity contribution in [2.75, 3.05) is 24.6 Å². The summed E-state index contributed by atoms with van der Waals surface area (Å²) in [5.41, 5.74) is 1.15. The Kier molecular flexibility index (Phi) is 6.46. The Bertz CT molecular complexity index is 1010. The number of carbonyl (C=O) groups is 4. The second kappa shape index (κ2) is 9.44. The molecule has 0 radical (unpaired) electrons. The van der Waals surface area contributed by atoms with Crippen LogP contribution in [0.15, 0.2) is 54.6 Å². The fourth-order valence-corrected chi connectivity index (χ4v) is 4.18. The van der Waals surface area contributed by atoms with E-state index in [2.05, 4.69) is 11.8 Å². The number of hydrogen-bond acceptors (Lipinski definition) is 6. The molecule has 2 aromatic carbocycles. The van der Waals surface area contributed by atoms with E-state index in [1.807, 2.05) is 0 Å². The Morgan fingerprint density at radius 2 is 1.59 bits per heavy atom. The number of rotatable bonds is 6. The number of likely N-dealkylation sites (tertiary alicyclic amines) is 1. The molecule has 0 N–H and O–H groups in total. The summed E-state index contributed by atoms with van der Waals surface area (Å²) in [7, 11) is 0. The molecule has 0 aromatic heterocycles. The minimum Gasteiger partial charge on any atom is -0.454 e. The van der Waals surface area contributed by atoms with Crippen molar-refractivity contribution < 1.29 is 23.9 Å². The second-order valence-corrected chi connectivity index (χ2v) is 8.42. The number of piperidine rings is 1. The van der Waals surface area contributed by atoms with E-state index in [9.17, 15) is 19.2 Å². The molecule has 0 saturated carbocycles. The van der Waals surface area contributed by atoms with Crippen LogP contribution in [0.3, 0.4) is 0 Å². The molecule has 0 spiro atoms. The summed E-state index contributed by atoms with van der Waals surface area (Å²) in [5.74, 6) is -0.734. The molecule has 1 atom stereocenters. The Hall–Kier alpha value is -3.32. The van der Waals surface area contributed by atoms with Crippen LogP contribution in [-0.2, 0) is 14.3 Å². The normalized spacial score (nSPS) is 19.9. The zero-order chi connectivity index (χ0) is 22.7. The molecule has 2 amide bonds. The van der Waals surface area contributed by atoms with Crippen molar-refractivity contribution in [2.24, 2.45) is 5.92 Å². The average molecular weight is 434 g/mol. The Morgan fingerprint density at radius 3 is 2.25 bits per heavy atom. The van der Waals surface area contributed by atoms with Gasteiger partial charge in [0.15, 0.2) is 12.4 Å². The summed E-state index contributed by atoms with van der Waals surface area (Å²) in [6.45, 7) is 3.50. The maximum Gasteiger partial charge on any atom is 0.338 e. The van der Waals surface area contributed by atoms with Gasteiger partial charge in [0.1, 0.15) is 0 Å². The second-order valence-electron chi connectivity index (χ2n) is 8.42. The topological polar surface area (TPSA) is 84.0 Å². The van der Waals surface area contributed by atoms with Gasteiger partial charge in [0, 0.05) is 5.56 Å². The molecule has 2 heterocycles. The first-order valence-corrected chi connectivity index (χ1v) is 10.9. The van der Waals surface area contributed by atoms with Gasteiger partial charge >= 0.3 is 5.97 Å². The standard InChI is InChI=1S/C25H26N2O5/c1-17-11-13-26(14-12-17)21-15-23(29)27(24(21)30)20-9-7-19(8-10-20)25(31)32-16-22(28)18-5-3-2-4-6-18/h2-10,17,21H,11-16H2,1H3. The molecule has 2 aromatic rings. The van der Waals surface area contributed by atoms with Crippen LogP contribution in [0, 0.1) is 5.92 Å². The summed E-state index contributed by atoms with van der Waals surface area (Å²) < 4.78 is 5.11. The van der Waals surface area contributed by atoms with E-state index in [0.29, 0.717) is 17.2 Å². The van der Waals surface area contributed by atoms with Crippen molar-refractivity contribution in [1.82, 2.24) is 4.90 Å². The number of carbonyl (C=O) groups excluding carboxylic acids is 4. The third-order valence-electron chi connectivity index (χ3n) is 6.17. The van der Waals surface area contributed by atoms with E-state index in [1.54, 1.807) is 42.5 Å². The predicted octanol–water partition coefficient (Wildman–Crippen LogP) is 3.09. The highest BCUT2D eigenvalue weighted by Gasteiger charge is 2.43. The van der Waals surface area contributed by atoms with Crippen LogP contribution in [0.5, 0.6) is 0 Å². The van der Waals surface area contributed by atoms with E-state index in [1.165, 1.54) is 17.0 Å². The van der Waals surface area contributed by atoms with Crippen molar-refractivity contribution in [2.45, 2.75) is 32.2 Å². The smallest absolute Gasteiger partial charge is 0.338 e. The molecule has 4 rings (SSSR count). The highest BCUT2D eigenvalue weighted by Crippen LogP contribution is 2.28. The first-order valence-electron chi connectivity index (χ1n) is 10.9. The predicted molar refractivity (Wildman–Crippen MR) is 118 cm³/mol. The Balaban J connectivity index is 1.37. The van der Waals surface area contributed by atoms with E-state index in [4.69, 9.17) is 4.74 Å². The van der Waals surface area contributed by atoms with Crippen LogP contribution in [0.2, 0.25) is 0 Å². The summed E-state index contributed by atoms with van der Waals surface area (Å²) in [4.78, 5) is 53.3. The van der Waals surface area contributed by atoms with Crippen LogP contribution in [-0.4, -0.2) is 54.2 Å². The zero-order valence-corrected chi connectivity index (χ0v) is 18.0. The quantitative estimate of drug-likeness (QED) is 0.395. The molecule has 7 heteroatoms. The van der Waals surface area contributed by atoms with Gasteiger partial charge in [0.05, 0.1) is 23.7 Å². The highest BCUT2D eigenvalue weighted by atomic mass is 16.5. The van der Waals surface area contributed by atoms with Crippen LogP contribution >= 0.6 is 0 Å². The summed E-state index contributed by atoms with van der Waals surface area (Å²) >= 11 is 0. The number of hydrogen-bond donors (Lipinski definition) is 0. The van der Waals surface area contributed by atoms with E-state index in [-0.39, 0.29) is 36.2 Å². The van der Waals surface area contributed by atoms with Crippen molar-refractivity contribution in [1.29, 1.82) is 0 Å². The fraction of sp³-hybridized carbons (Fsp3) is 0.360. The summed E-state index contributed by atoms with van der Waals surface area (Å²) in [5, 5.41) is 0. The van der Waals surface area contributed by atoms with Crippen molar-refractivity contribution in [3.05, 3.63) is 65.7 Å². The molecule has 32 heavy (non-hydrogen) atoms. The van der Waals surface area contributed by atoms with Gasteiger partial charge in [-0.25, -0.2) is 9.69 Å². The van der Waals surface area contributed by atoms with Crippen molar-refractivity contribution >= 4 is 29.3 Å². The van der Waals surface area contributed by atoms with Gasteiger partial charge in [0.25, 0.3) is 5.91 Å². The number of ether oxygens (including phenoxy) is 1. The van der Waals surface area contributed by atoms with E-state index >= 15 is 0 Å². The van der Waals surface area contributed by atoms with Crippen LogP contribution in [0.1, 0.15) is 46.9 Å². The maximum absolute atomic E-state index is 13.0. The third-order valence-corrected chi connectivity index (χ3v) is 6.17. The van der Waals surface area contributed by atoms with Gasteiger partial charge in [0.2, 0.25) is 5.91 Å². The molecule has 2 fully saturated rings. The molecule has 2 saturated heterocycles. The number of Topliss-reactive ketones (excluding diaryl/α,β-unsaturated/α-hetero) is 1. The SMILES string of the molecule is CC1CCN(C2CC(=O)N(c3ccc(C(=O)OCC(=O)c4ccccc4)cc3)C2=O)CC1. The van der Waals surface area contributed by atoms with Gasteiger partial charge in [-0.15, -0.1) is 0 Å². The summed E-state index contributed by atoms with van der Waals surface area (Å²) in [6, 6.07) is 14.3. The molecule has 2 aliphatic heterocycles. The van der Waals surface area contributed by atoms with Crippen molar-refractivity contribution in [3.63, 3.8) is 0 Å². The zero-order valence-electron chi connectivity index (χ0n) is 18.0. The molecule has 1 unspecified atom stereocenters. The molecular weight excluding hydrogens is 408 g/mol. The fourth-order valence-electron chi connectivity index (χ4n) is 4.18. The maximum atomic E-state index is 13.0. The number of ketones is 1. The lowest BCUT2D eigenvalue weighted by Crippen LogP contribution is -2.45. The first-order chi connectivity index (χ1) is 15.4. The Labute approximate surface area is 187 Å². The number of anilines is 1. The largest absolute Gasteiger partial charge is 0.454 e. The van der Waals surface area contributed by atoms with Crippen molar-refractivity contribution in [3.8, 4) is 0 Å². The summed E-state index contributed by atoms with van der Waals surface area (Å²) in [6.07, 6.45) is 2.24. The minimum atomic E-state index is -0.639. The number of imide groups is 1. The van der Waals surface area contributed by atoms with Gasteiger partial charge in [-0.2, -0.15) is 0 Å². The van der Waals surface area contributed by atoms with Gasteiger partial charge < -0.3 is 4.74 Å². The van der Waals surface area contributed by atoms with Crippen LogP contribution in [0.4, 0.5) is 5.69 Å². The molecule has 2 aliphatic rings. The number of esters is 1. The molecular formula is C25H26N2O5. The van der Waals surface area contributed by atoms with E-state index in [0.717, 1.165) is 25.9 Å². The van der Waals surface area contributed by atoms with Gasteiger partial charge in [-0.3, -0.25) is 19.3 Å². The molecule has 0 aliphatic carbocycles. The number of benzene rings is 2. The number of amides is 2. The lowest BCUT2D eigenvalue weighted by atomic mass is 9.97. The van der Waals surface area contributed by atoms with Gasteiger partial charge in [-0.1, -0.05) is 37.3 Å². The lowest BCUT2D eigenvalue weighted by Gasteiger charge is -2.33. The lowest BCUT2D eigenvalue weighted by molar-refractivity contribution is -0.123. The minimum absolute atomic E-state index is 0.179. The monoisotopic (exact) mass is 434 g/mol. The Morgan fingerprint density at radius 1 is 0.938 bits per heavy atom. The molecule has 0 bridgehead atoms. The highest BCUT2D eigenvalue weighted by molar-refractivity contribution is 6.22. The molecule has 166 valence electrons. The van der Waals surface area contributed by atoms with E-state index < -0.39 is 12.0 Å². The van der Waals surface area contributed by atoms with Crippen LogP contribution in [0.25, 0.3) is 0 Å². The average Bonchev–Trinajstić information content (AvgIpc) is 3.12. The number of nitrogens with zero attached hydrogens (tertiary/aromatic N) is 2. The first kappa shape index (κ1) is 21.9. The van der Waals surface area contributed by atoms with Gasteiger partial charge in [-0.05, 0) is 56.1 Å². The van der Waals surface area contributed by atoms with Crippen LogP contribution < -0.4 is 4.90 Å².